The van der Waals surface area contributed by atoms with Crippen LogP contribution in [-0.2, 0) is 4.74 Å². The van der Waals surface area contributed by atoms with Gasteiger partial charge in [-0.05, 0) is 45.7 Å². The summed E-state index contributed by atoms with van der Waals surface area (Å²) in [5, 5.41) is 0. The van der Waals surface area contributed by atoms with Gasteiger partial charge >= 0.3 is 5.97 Å². The Balaban J connectivity index is 1.88. The highest BCUT2D eigenvalue weighted by molar-refractivity contribution is 5.90. The first-order chi connectivity index (χ1) is 11.6. The predicted molar refractivity (Wildman–Crippen MR) is 91.0 cm³/mol. The van der Waals surface area contributed by atoms with Crippen molar-refractivity contribution in [3.8, 4) is 0 Å². The van der Waals surface area contributed by atoms with E-state index in [4.69, 9.17) is 4.74 Å². The van der Waals surface area contributed by atoms with Crippen LogP contribution in [0.15, 0.2) is 24.4 Å². The lowest BCUT2D eigenvalue weighted by Crippen LogP contribution is -2.26. The Bertz CT molecular complexity index is 748. The van der Waals surface area contributed by atoms with E-state index >= 15 is 0 Å². The van der Waals surface area contributed by atoms with Crippen LogP contribution in [0.2, 0.25) is 0 Å². The van der Waals surface area contributed by atoms with Crippen LogP contribution in [-0.4, -0.2) is 34.1 Å². The summed E-state index contributed by atoms with van der Waals surface area (Å²) in [6.07, 6.45) is 3.66. The fourth-order valence-electron chi connectivity index (χ4n) is 3.07. The number of rotatable bonds is 4. The van der Waals surface area contributed by atoms with Crippen LogP contribution in [0.1, 0.15) is 53.2 Å². The summed E-state index contributed by atoms with van der Waals surface area (Å²) in [4.78, 5) is 27.7. The molecule has 126 valence electrons. The molecule has 0 saturated carbocycles. The van der Waals surface area contributed by atoms with E-state index in [1.165, 1.54) is 0 Å². The predicted octanol–water partition coefficient (Wildman–Crippen LogP) is 3.01. The number of nitrogens with zero attached hydrogens (tertiary/aromatic N) is 4. The Morgan fingerprint density at radius 1 is 1.33 bits per heavy atom. The maximum atomic E-state index is 11.9. The molecular formula is C18H22N4O2. The normalized spacial score (nSPS) is 17.1. The zero-order chi connectivity index (χ0) is 17.1. The summed E-state index contributed by atoms with van der Waals surface area (Å²) in [6.45, 7) is 6.82. The molecule has 0 unspecified atom stereocenters. The molecule has 6 nitrogen and oxygen atoms in total. The van der Waals surface area contributed by atoms with Gasteiger partial charge in [0.2, 0.25) is 5.95 Å². The van der Waals surface area contributed by atoms with Gasteiger partial charge in [0.05, 0.1) is 29.6 Å². The van der Waals surface area contributed by atoms with Gasteiger partial charge in [0.15, 0.2) is 0 Å². The van der Waals surface area contributed by atoms with Crippen molar-refractivity contribution in [1.29, 1.82) is 0 Å². The lowest BCUT2D eigenvalue weighted by atomic mass is 10.1. The Labute approximate surface area is 141 Å². The maximum Gasteiger partial charge on any atom is 0.341 e. The van der Waals surface area contributed by atoms with Crippen LogP contribution >= 0.6 is 0 Å². The minimum absolute atomic E-state index is 0.178. The largest absolute Gasteiger partial charge is 0.462 e. The third-order valence-electron chi connectivity index (χ3n) is 4.22. The lowest BCUT2D eigenvalue weighted by molar-refractivity contribution is 0.0524. The molecular weight excluding hydrogens is 304 g/mol. The van der Waals surface area contributed by atoms with E-state index in [1.54, 1.807) is 13.1 Å². The molecule has 3 rings (SSSR count). The van der Waals surface area contributed by atoms with E-state index in [-0.39, 0.29) is 12.0 Å². The third kappa shape index (κ3) is 3.22. The van der Waals surface area contributed by atoms with Crippen molar-refractivity contribution < 1.29 is 9.53 Å². The molecule has 0 amide bonds. The monoisotopic (exact) mass is 326 g/mol. The molecule has 0 radical (unpaired) electrons. The van der Waals surface area contributed by atoms with Gasteiger partial charge in [-0.3, -0.25) is 4.98 Å². The van der Waals surface area contributed by atoms with E-state index in [9.17, 15) is 4.79 Å². The van der Waals surface area contributed by atoms with E-state index in [1.807, 2.05) is 26.0 Å². The average Bonchev–Trinajstić information content (AvgIpc) is 3.04. The molecule has 3 heterocycles. The molecule has 0 aromatic carbocycles. The van der Waals surface area contributed by atoms with Gasteiger partial charge < -0.3 is 9.64 Å². The Kier molecular flexibility index (Phi) is 4.74. The zero-order valence-corrected chi connectivity index (χ0v) is 14.3. The van der Waals surface area contributed by atoms with E-state index in [0.29, 0.717) is 23.8 Å². The second-order valence-electron chi connectivity index (χ2n) is 5.94. The third-order valence-corrected chi connectivity index (χ3v) is 4.22. The molecule has 1 saturated heterocycles. The molecule has 1 fully saturated rings. The highest BCUT2D eigenvalue weighted by Crippen LogP contribution is 2.33. The quantitative estimate of drug-likeness (QED) is 0.805. The molecule has 0 aliphatic carbocycles. The van der Waals surface area contributed by atoms with Gasteiger partial charge in [-0.15, -0.1) is 0 Å². The van der Waals surface area contributed by atoms with Crippen LogP contribution in [0.3, 0.4) is 0 Å². The molecule has 1 aliphatic rings. The summed E-state index contributed by atoms with van der Waals surface area (Å²) in [7, 11) is 0. The number of hydrogen-bond donors (Lipinski definition) is 0. The highest BCUT2D eigenvalue weighted by atomic mass is 16.5. The van der Waals surface area contributed by atoms with E-state index < -0.39 is 0 Å². The van der Waals surface area contributed by atoms with Crippen LogP contribution in [0.5, 0.6) is 0 Å². The molecule has 6 heteroatoms. The van der Waals surface area contributed by atoms with Crippen LogP contribution < -0.4 is 4.90 Å². The van der Waals surface area contributed by atoms with Crippen molar-refractivity contribution in [3.63, 3.8) is 0 Å². The van der Waals surface area contributed by atoms with Crippen molar-refractivity contribution in [3.05, 3.63) is 47.0 Å². The molecule has 2 aromatic heterocycles. The Hall–Kier alpha value is -2.50. The van der Waals surface area contributed by atoms with Gasteiger partial charge in [0, 0.05) is 18.4 Å². The number of ether oxygens (including phenoxy) is 1. The first kappa shape index (κ1) is 16.4. The summed E-state index contributed by atoms with van der Waals surface area (Å²) >= 11 is 0. The lowest BCUT2D eigenvalue weighted by Gasteiger charge is -2.24. The van der Waals surface area contributed by atoms with Crippen molar-refractivity contribution in [2.75, 3.05) is 18.1 Å². The summed E-state index contributed by atoms with van der Waals surface area (Å²) in [6, 6.07) is 6.26. The molecule has 1 atom stereocenters. The fourth-order valence-corrected chi connectivity index (χ4v) is 3.07. The van der Waals surface area contributed by atoms with Crippen molar-refractivity contribution in [1.82, 2.24) is 15.0 Å². The standard InChI is InChI=1S/C18H22N4O2/c1-4-24-17(23)14-11-19-18(21-13(14)3)22-10-6-9-16(22)15-8-5-7-12(2)20-15/h5,7-8,11,16H,4,6,9-10H2,1-3H3/t16-/m1/s1. The SMILES string of the molecule is CCOC(=O)c1cnc(N2CCC[C@@H]2c2cccc(C)n2)nc1C. The average molecular weight is 326 g/mol. The van der Waals surface area contributed by atoms with Gasteiger partial charge in [0.25, 0.3) is 0 Å². The molecule has 0 bridgehead atoms. The molecule has 0 spiro atoms. The topological polar surface area (TPSA) is 68.2 Å². The van der Waals surface area contributed by atoms with Gasteiger partial charge in [-0.2, -0.15) is 0 Å². The molecule has 24 heavy (non-hydrogen) atoms. The number of carbonyl (C=O) groups excluding carboxylic acids is 1. The van der Waals surface area contributed by atoms with E-state index in [0.717, 1.165) is 30.8 Å². The first-order valence-electron chi connectivity index (χ1n) is 8.31. The summed E-state index contributed by atoms with van der Waals surface area (Å²) in [5.74, 6) is 0.270. The Morgan fingerprint density at radius 2 is 2.17 bits per heavy atom. The highest BCUT2D eigenvalue weighted by Gasteiger charge is 2.29. The van der Waals surface area contributed by atoms with Crippen LogP contribution in [0.25, 0.3) is 0 Å². The summed E-state index contributed by atoms with van der Waals surface area (Å²) < 4.78 is 5.04. The second-order valence-corrected chi connectivity index (χ2v) is 5.94. The number of hydrogen-bond acceptors (Lipinski definition) is 6. The van der Waals surface area contributed by atoms with E-state index in [2.05, 4.69) is 25.9 Å². The zero-order valence-electron chi connectivity index (χ0n) is 14.3. The molecule has 1 aliphatic heterocycles. The minimum Gasteiger partial charge on any atom is -0.462 e. The van der Waals surface area contributed by atoms with Gasteiger partial charge in [0.1, 0.15) is 0 Å². The fraction of sp³-hybridized carbons (Fsp3) is 0.444. The molecule has 0 N–H and O–H groups in total. The van der Waals surface area contributed by atoms with Gasteiger partial charge in [-0.25, -0.2) is 14.8 Å². The number of aryl methyl sites for hydroxylation is 2. The smallest absolute Gasteiger partial charge is 0.341 e. The number of pyridine rings is 1. The summed E-state index contributed by atoms with van der Waals surface area (Å²) in [5.41, 5.74) is 3.11. The number of carbonyl (C=O) groups is 1. The maximum absolute atomic E-state index is 11.9. The first-order valence-corrected chi connectivity index (χ1v) is 8.31. The number of esters is 1. The second kappa shape index (κ2) is 6.95. The van der Waals surface area contributed by atoms with Crippen molar-refractivity contribution >= 4 is 11.9 Å². The molecule has 2 aromatic rings. The van der Waals surface area contributed by atoms with Gasteiger partial charge in [-0.1, -0.05) is 6.07 Å². The van der Waals surface area contributed by atoms with Crippen molar-refractivity contribution in [2.24, 2.45) is 0 Å². The number of aromatic nitrogens is 3. The van der Waals surface area contributed by atoms with Crippen LogP contribution in [0.4, 0.5) is 5.95 Å². The minimum atomic E-state index is -0.375. The number of anilines is 1. The Morgan fingerprint density at radius 3 is 2.88 bits per heavy atom. The van der Waals surface area contributed by atoms with Crippen LogP contribution in [0, 0.1) is 13.8 Å². The van der Waals surface area contributed by atoms with Crippen molar-refractivity contribution in [2.45, 2.75) is 39.7 Å².